The van der Waals surface area contributed by atoms with Crippen molar-refractivity contribution < 1.29 is 14.2 Å². The zero-order valence-electron chi connectivity index (χ0n) is 10.2. The molecule has 0 aliphatic heterocycles. The Labute approximate surface area is 102 Å². The van der Waals surface area contributed by atoms with Gasteiger partial charge >= 0.3 is 0 Å². The van der Waals surface area contributed by atoms with Crippen LogP contribution in [0.2, 0.25) is 0 Å². The topological polar surface area (TPSA) is 66.6 Å². The number of hydrogen-bond donors (Lipinski definition) is 1. The summed E-state index contributed by atoms with van der Waals surface area (Å²) in [7, 11) is 1.68. The van der Waals surface area contributed by atoms with Gasteiger partial charge in [0.1, 0.15) is 5.82 Å². The molecular weight excluding hydrogens is 220 g/mol. The summed E-state index contributed by atoms with van der Waals surface area (Å²) >= 11 is 0. The summed E-state index contributed by atoms with van der Waals surface area (Å²) in [5, 5.41) is 0. The van der Waals surface area contributed by atoms with Crippen LogP contribution in [0.4, 0.5) is 5.82 Å². The minimum atomic E-state index is 0.473. The first kappa shape index (κ1) is 13.9. The molecule has 0 atom stereocenters. The van der Waals surface area contributed by atoms with E-state index >= 15 is 0 Å². The van der Waals surface area contributed by atoms with Gasteiger partial charge in [0.2, 0.25) is 0 Å². The van der Waals surface area contributed by atoms with Gasteiger partial charge in [0.05, 0.1) is 19.8 Å². The Kier molecular flexibility index (Phi) is 7.29. The highest BCUT2D eigenvalue weighted by Gasteiger charge is 1.98. The molecule has 0 aliphatic carbocycles. The molecule has 0 amide bonds. The summed E-state index contributed by atoms with van der Waals surface area (Å²) in [6.07, 6.45) is 2.57. The molecule has 1 aromatic rings. The largest absolute Gasteiger partial charge is 0.385 e. The quantitative estimate of drug-likeness (QED) is 0.658. The highest BCUT2D eigenvalue weighted by Crippen LogP contribution is 2.07. The summed E-state index contributed by atoms with van der Waals surface area (Å²) in [5.41, 5.74) is 6.59. The monoisotopic (exact) mass is 240 g/mol. The number of nitrogens with zero attached hydrogens (tertiary/aromatic N) is 1. The van der Waals surface area contributed by atoms with Gasteiger partial charge < -0.3 is 19.9 Å². The van der Waals surface area contributed by atoms with Gasteiger partial charge in [0.15, 0.2) is 0 Å². The van der Waals surface area contributed by atoms with Gasteiger partial charge in [0.25, 0.3) is 0 Å². The lowest BCUT2D eigenvalue weighted by atomic mass is 10.3. The lowest BCUT2D eigenvalue weighted by Crippen LogP contribution is -2.07. The van der Waals surface area contributed by atoms with Crippen molar-refractivity contribution in [3.63, 3.8) is 0 Å². The molecule has 0 aliphatic rings. The number of nitrogens with two attached hydrogens (primary N) is 1. The predicted octanol–water partition coefficient (Wildman–Crippen LogP) is 1.23. The van der Waals surface area contributed by atoms with Crippen LogP contribution in [0.15, 0.2) is 18.3 Å². The maximum Gasteiger partial charge on any atom is 0.128 e. The van der Waals surface area contributed by atoms with Crippen molar-refractivity contribution in [2.45, 2.75) is 13.0 Å². The fourth-order valence-electron chi connectivity index (χ4n) is 1.28. The van der Waals surface area contributed by atoms with Crippen LogP contribution in [0.3, 0.4) is 0 Å². The van der Waals surface area contributed by atoms with Gasteiger partial charge in [-0.1, -0.05) is 6.07 Å². The number of anilines is 1. The van der Waals surface area contributed by atoms with Crippen LogP contribution in [0.25, 0.3) is 0 Å². The van der Waals surface area contributed by atoms with Crippen LogP contribution in [0.1, 0.15) is 12.0 Å². The Morgan fingerprint density at radius 2 is 2.00 bits per heavy atom. The van der Waals surface area contributed by atoms with E-state index in [0.717, 1.165) is 18.6 Å². The first-order valence-corrected chi connectivity index (χ1v) is 5.68. The molecule has 0 saturated carbocycles. The molecule has 0 unspecified atom stereocenters. The molecule has 1 aromatic heterocycles. The molecule has 2 N–H and O–H groups in total. The Morgan fingerprint density at radius 1 is 1.18 bits per heavy atom. The molecular formula is C12H20N2O3. The second kappa shape index (κ2) is 8.92. The third-order valence-electron chi connectivity index (χ3n) is 2.19. The summed E-state index contributed by atoms with van der Waals surface area (Å²) in [6, 6.07) is 3.75. The Balaban J connectivity index is 1.99. The van der Waals surface area contributed by atoms with Gasteiger partial charge in [-0.25, -0.2) is 4.98 Å². The number of pyridine rings is 1. The van der Waals surface area contributed by atoms with Gasteiger partial charge in [0, 0.05) is 32.1 Å². The van der Waals surface area contributed by atoms with Crippen molar-refractivity contribution in [2.75, 3.05) is 39.3 Å². The van der Waals surface area contributed by atoms with Crippen LogP contribution in [-0.4, -0.2) is 38.5 Å². The highest BCUT2D eigenvalue weighted by atomic mass is 16.5. The van der Waals surface area contributed by atoms with Crippen LogP contribution in [-0.2, 0) is 20.8 Å². The molecule has 96 valence electrons. The van der Waals surface area contributed by atoms with Crippen molar-refractivity contribution in [1.29, 1.82) is 0 Å². The standard InChI is InChI=1S/C12H20N2O3/c1-15-6-3-7-16-8-9-17-10-11-4-2-5-14-12(11)13/h2,4-5H,3,6-10H2,1H3,(H2,13,14). The van der Waals surface area contributed by atoms with E-state index in [1.165, 1.54) is 0 Å². The average molecular weight is 240 g/mol. The minimum absolute atomic E-state index is 0.473. The number of ether oxygens (including phenoxy) is 3. The summed E-state index contributed by atoms with van der Waals surface area (Å²) in [6.45, 7) is 3.05. The molecule has 0 fully saturated rings. The zero-order chi connectivity index (χ0) is 12.3. The predicted molar refractivity (Wildman–Crippen MR) is 65.6 cm³/mol. The number of rotatable bonds is 9. The Morgan fingerprint density at radius 3 is 2.76 bits per heavy atom. The third-order valence-corrected chi connectivity index (χ3v) is 2.19. The summed E-state index contributed by atoms with van der Waals surface area (Å²) < 4.78 is 15.7. The molecule has 0 bridgehead atoms. The van der Waals surface area contributed by atoms with E-state index in [-0.39, 0.29) is 0 Å². The first-order chi connectivity index (χ1) is 8.34. The minimum Gasteiger partial charge on any atom is -0.385 e. The van der Waals surface area contributed by atoms with E-state index in [1.807, 2.05) is 12.1 Å². The van der Waals surface area contributed by atoms with Crippen molar-refractivity contribution in [3.05, 3.63) is 23.9 Å². The average Bonchev–Trinajstić information content (AvgIpc) is 2.35. The third kappa shape index (κ3) is 6.21. The molecule has 0 radical (unpaired) electrons. The van der Waals surface area contributed by atoms with E-state index in [2.05, 4.69) is 4.98 Å². The van der Waals surface area contributed by atoms with E-state index in [1.54, 1.807) is 13.3 Å². The second-order valence-electron chi connectivity index (χ2n) is 3.56. The molecule has 1 heterocycles. The summed E-state index contributed by atoms with van der Waals surface area (Å²) in [4.78, 5) is 3.98. The molecule has 5 heteroatoms. The number of aromatic nitrogens is 1. The van der Waals surface area contributed by atoms with Crippen molar-refractivity contribution >= 4 is 5.82 Å². The smallest absolute Gasteiger partial charge is 0.128 e. The number of nitrogen functional groups attached to an aromatic ring is 1. The Bertz CT molecular complexity index is 308. The molecule has 0 saturated heterocycles. The lowest BCUT2D eigenvalue weighted by molar-refractivity contribution is 0.0338. The zero-order valence-corrected chi connectivity index (χ0v) is 10.2. The Hall–Kier alpha value is -1.17. The SMILES string of the molecule is COCCCOCCOCc1cccnc1N. The fourth-order valence-corrected chi connectivity index (χ4v) is 1.28. The maximum absolute atomic E-state index is 5.68. The van der Waals surface area contributed by atoms with Crippen LogP contribution >= 0.6 is 0 Å². The van der Waals surface area contributed by atoms with Crippen LogP contribution < -0.4 is 5.73 Å². The molecule has 5 nitrogen and oxygen atoms in total. The molecule has 1 rings (SSSR count). The maximum atomic E-state index is 5.68. The van der Waals surface area contributed by atoms with Crippen molar-refractivity contribution in [3.8, 4) is 0 Å². The van der Waals surface area contributed by atoms with Gasteiger partial charge in [-0.2, -0.15) is 0 Å². The summed E-state index contributed by atoms with van der Waals surface area (Å²) in [5.74, 6) is 0.522. The van der Waals surface area contributed by atoms with Crippen LogP contribution in [0.5, 0.6) is 0 Å². The first-order valence-electron chi connectivity index (χ1n) is 5.68. The van der Waals surface area contributed by atoms with Gasteiger partial charge in [-0.3, -0.25) is 0 Å². The fraction of sp³-hybridized carbons (Fsp3) is 0.583. The lowest BCUT2D eigenvalue weighted by Gasteiger charge is -2.07. The van der Waals surface area contributed by atoms with E-state index in [4.69, 9.17) is 19.9 Å². The number of hydrogen-bond acceptors (Lipinski definition) is 5. The van der Waals surface area contributed by atoms with E-state index in [9.17, 15) is 0 Å². The van der Waals surface area contributed by atoms with Crippen molar-refractivity contribution in [1.82, 2.24) is 4.98 Å². The van der Waals surface area contributed by atoms with Crippen molar-refractivity contribution in [2.24, 2.45) is 0 Å². The van der Waals surface area contributed by atoms with Gasteiger partial charge in [-0.15, -0.1) is 0 Å². The van der Waals surface area contributed by atoms with E-state index < -0.39 is 0 Å². The normalized spacial score (nSPS) is 10.6. The second-order valence-corrected chi connectivity index (χ2v) is 3.56. The molecule has 0 spiro atoms. The number of methoxy groups -OCH3 is 1. The van der Waals surface area contributed by atoms with E-state index in [0.29, 0.717) is 32.2 Å². The highest BCUT2D eigenvalue weighted by molar-refractivity contribution is 5.37. The van der Waals surface area contributed by atoms with Gasteiger partial charge in [-0.05, 0) is 12.5 Å². The molecule has 0 aromatic carbocycles. The molecule has 17 heavy (non-hydrogen) atoms. The van der Waals surface area contributed by atoms with Crippen LogP contribution in [0, 0.1) is 0 Å².